The minimum absolute atomic E-state index is 0.408. The molecule has 0 spiro atoms. The lowest BCUT2D eigenvalue weighted by atomic mass is 10.5. The van der Waals surface area contributed by atoms with E-state index in [2.05, 4.69) is 52.2 Å². The minimum atomic E-state index is -1.04. The van der Waals surface area contributed by atoms with E-state index in [1.807, 2.05) is 10.8 Å². The Hall–Kier alpha value is -0.183. The van der Waals surface area contributed by atoms with Crippen molar-refractivity contribution >= 4 is 53.4 Å². The van der Waals surface area contributed by atoms with Crippen LogP contribution in [0.1, 0.15) is 0 Å². The summed E-state index contributed by atoms with van der Waals surface area (Å²) < 4.78 is 8.76. The first-order valence-electron chi connectivity index (χ1n) is 6.11. The highest BCUT2D eigenvalue weighted by atomic mass is 127. The Morgan fingerprint density at radius 2 is 2.16 bits per heavy atom. The van der Waals surface area contributed by atoms with Gasteiger partial charge in [-0.15, -0.1) is 0 Å². The smallest absolute Gasteiger partial charge is 0.163 e. The van der Waals surface area contributed by atoms with Crippen LogP contribution in [0.25, 0.3) is 11.2 Å². The zero-order valence-corrected chi connectivity index (χ0v) is 15.2. The highest BCUT2D eigenvalue weighted by Crippen LogP contribution is 2.21. The van der Waals surface area contributed by atoms with E-state index >= 15 is 0 Å². The third-order valence-corrected chi connectivity index (χ3v) is 5.39. The number of ether oxygens (including phenoxy) is 1. The first-order valence-corrected chi connectivity index (χ1v) is 11.3. The van der Waals surface area contributed by atoms with Crippen molar-refractivity contribution in [3.05, 3.63) is 21.1 Å². The predicted molar refractivity (Wildman–Crippen MR) is 89.4 cm³/mol. The predicted octanol–water partition coefficient (Wildman–Crippen LogP) is 4.00. The molecule has 0 saturated heterocycles. The highest BCUT2D eigenvalue weighted by Gasteiger charge is 2.13. The summed E-state index contributed by atoms with van der Waals surface area (Å²) in [5.74, 6) is 0. The number of rotatable bonds is 5. The number of aromatic nitrogens is 3. The van der Waals surface area contributed by atoms with Gasteiger partial charge >= 0.3 is 0 Å². The van der Waals surface area contributed by atoms with Crippen LogP contribution in [0.4, 0.5) is 0 Å². The second-order valence-electron chi connectivity index (χ2n) is 5.66. The van der Waals surface area contributed by atoms with Gasteiger partial charge in [-0.2, -0.15) is 0 Å². The summed E-state index contributed by atoms with van der Waals surface area (Å²) in [6.07, 6.45) is 3.57. The molecule has 104 valence electrons. The Labute approximate surface area is 132 Å². The van der Waals surface area contributed by atoms with Gasteiger partial charge in [-0.25, -0.2) is 9.97 Å². The molecule has 2 rings (SSSR count). The molecular weight excluding hydrogens is 393 g/mol. The number of nitrogens with zero attached hydrogens (tertiary/aromatic N) is 3. The molecule has 0 unspecified atom stereocenters. The summed E-state index contributed by atoms with van der Waals surface area (Å²) in [6.45, 7) is 8.32. The maximum Gasteiger partial charge on any atom is 0.163 e. The number of halogens is 2. The molecular formula is C12H17ClIN3OSi. The van der Waals surface area contributed by atoms with E-state index in [0.29, 0.717) is 11.9 Å². The lowest BCUT2D eigenvalue weighted by Gasteiger charge is -2.15. The van der Waals surface area contributed by atoms with Gasteiger partial charge < -0.3 is 9.30 Å². The summed E-state index contributed by atoms with van der Waals surface area (Å²) in [4.78, 5) is 8.61. The van der Waals surface area contributed by atoms with E-state index in [0.717, 1.165) is 27.4 Å². The molecule has 0 aliphatic heterocycles. The topological polar surface area (TPSA) is 39.9 Å². The third-order valence-electron chi connectivity index (χ3n) is 2.72. The summed E-state index contributed by atoms with van der Waals surface area (Å²) in [7, 11) is -1.04. The molecule has 0 radical (unpaired) electrons. The second kappa shape index (κ2) is 6.07. The number of hydrogen-bond donors (Lipinski definition) is 0. The van der Waals surface area contributed by atoms with Gasteiger partial charge in [0.1, 0.15) is 17.4 Å². The molecule has 0 atom stereocenters. The van der Waals surface area contributed by atoms with Gasteiger partial charge in [0.15, 0.2) is 5.65 Å². The van der Waals surface area contributed by atoms with E-state index in [-0.39, 0.29) is 0 Å². The van der Waals surface area contributed by atoms with Crippen LogP contribution in [0.3, 0.4) is 0 Å². The molecule has 0 N–H and O–H groups in total. The van der Waals surface area contributed by atoms with E-state index in [9.17, 15) is 0 Å². The molecule has 2 aromatic heterocycles. The summed E-state index contributed by atoms with van der Waals surface area (Å²) in [5.41, 5.74) is 1.66. The van der Waals surface area contributed by atoms with E-state index in [1.54, 1.807) is 6.20 Å². The van der Waals surface area contributed by atoms with Crippen molar-refractivity contribution in [1.29, 1.82) is 0 Å². The Bertz CT molecular complexity index is 582. The van der Waals surface area contributed by atoms with Crippen LogP contribution in [0, 0.1) is 3.57 Å². The quantitative estimate of drug-likeness (QED) is 0.426. The Balaban J connectivity index is 2.07. The number of hydrogen-bond acceptors (Lipinski definition) is 3. The van der Waals surface area contributed by atoms with Gasteiger partial charge in [0, 0.05) is 20.9 Å². The molecule has 0 amide bonds. The van der Waals surface area contributed by atoms with E-state index < -0.39 is 8.07 Å². The minimum Gasteiger partial charge on any atom is -0.361 e. The van der Waals surface area contributed by atoms with Gasteiger partial charge in [-0.1, -0.05) is 31.2 Å². The molecule has 0 aromatic carbocycles. The fourth-order valence-electron chi connectivity index (χ4n) is 1.63. The second-order valence-corrected chi connectivity index (χ2v) is 12.8. The first kappa shape index (κ1) is 15.2. The van der Waals surface area contributed by atoms with Crippen LogP contribution < -0.4 is 0 Å². The molecule has 0 aliphatic rings. The molecule has 2 aromatic rings. The zero-order chi connectivity index (χ0) is 14.0. The average molecular weight is 410 g/mol. The van der Waals surface area contributed by atoms with Crippen molar-refractivity contribution in [2.45, 2.75) is 32.4 Å². The molecule has 19 heavy (non-hydrogen) atoms. The normalized spacial score (nSPS) is 12.3. The maximum absolute atomic E-state index is 5.90. The van der Waals surface area contributed by atoms with Crippen molar-refractivity contribution < 1.29 is 4.74 Å². The van der Waals surface area contributed by atoms with Gasteiger partial charge in [0.05, 0.1) is 9.77 Å². The Morgan fingerprint density at radius 1 is 1.42 bits per heavy atom. The van der Waals surface area contributed by atoms with Gasteiger partial charge in [0.25, 0.3) is 0 Å². The van der Waals surface area contributed by atoms with E-state index in [1.165, 1.54) is 0 Å². The van der Waals surface area contributed by atoms with E-state index in [4.69, 9.17) is 16.3 Å². The van der Waals surface area contributed by atoms with Crippen molar-refractivity contribution in [2.75, 3.05) is 6.61 Å². The molecule has 0 aliphatic carbocycles. The summed E-state index contributed by atoms with van der Waals surface area (Å²) in [6, 6.07) is 1.16. The molecule has 4 nitrogen and oxygen atoms in total. The fraction of sp³-hybridized carbons (Fsp3) is 0.500. The van der Waals surface area contributed by atoms with Crippen LogP contribution in [0.5, 0.6) is 0 Å². The fourth-order valence-corrected chi connectivity index (χ4v) is 3.23. The van der Waals surface area contributed by atoms with Crippen LogP contribution in [-0.2, 0) is 11.5 Å². The maximum atomic E-state index is 5.90. The molecule has 2 heterocycles. The monoisotopic (exact) mass is 409 g/mol. The van der Waals surface area contributed by atoms with Crippen LogP contribution in [0.2, 0.25) is 30.8 Å². The van der Waals surface area contributed by atoms with Gasteiger partial charge in [0.2, 0.25) is 0 Å². The van der Waals surface area contributed by atoms with Crippen LogP contribution >= 0.6 is 34.2 Å². The Kier molecular flexibility index (Phi) is 4.86. The highest BCUT2D eigenvalue weighted by molar-refractivity contribution is 14.1. The number of fused-ring (bicyclic) bond motifs is 1. The zero-order valence-electron chi connectivity index (χ0n) is 11.3. The van der Waals surface area contributed by atoms with Crippen molar-refractivity contribution in [1.82, 2.24) is 14.5 Å². The Morgan fingerprint density at radius 3 is 2.84 bits per heavy atom. The van der Waals surface area contributed by atoms with Gasteiger partial charge in [-0.3, -0.25) is 0 Å². The van der Waals surface area contributed by atoms with Crippen molar-refractivity contribution in [3.63, 3.8) is 0 Å². The summed E-state index contributed by atoms with van der Waals surface area (Å²) >= 11 is 8.15. The lowest BCUT2D eigenvalue weighted by Crippen LogP contribution is -2.22. The van der Waals surface area contributed by atoms with Crippen LogP contribution in [0.15, 0.2) is 12.4 Å². The first-order chi connectivity index (χ1) is 8.87. The van der Waals surface area contributed by atoms with Crippen LogP contribution in [-0.4, -0.2) is 29.2 Å². The largest absolute Gasteiger partial charge is 0.361 e. The van der Waals surface area contributed by atoms with Gasteiger partial charge in [-0.05, 0) is 28.6 Å². The van der Waals surface area contributed by atoms with Crippen molar-refractivity contribution in [3.8, 4) is 0 Å². The standard InChI is InChI=1S/C12H17ClIN3OSi/c1-19(2,3)5-4-18-8-17-7-9(14)11-12(17)16-10(13)6-15-11/h6-7H,4-5,8H2,1-3H3. The lowest BCUT2D eigenvalue weighted by molar-refractivity contribution is 0.0898. The summed E-state index contributed by atoms with van der Waals surface area (Å²) in [5, 5.41) is 0.408. The average Bonchev–Trinajstić information content (AvgIpc) is 2.60. The third kappa shape index (κ3) is 4.14. The molecule has 0 bridgehead atoms. The molecule has 7 heteroatoms. The SMILES string of the molecule is C[Si](C)(C)CCOCn1cc(I)c2ncc(Cl)nc21. The molecule has 0 saturated carbocycles. The van der Waals surface area contributed by atoms with Crippen molar-refractivity contribution in [2.24, 2.45) is 0 Å². The molecule has 0 fully saturated rings.